The maximum atomic E-state index is 13.6. The number of rotatable bonds is 10. The third-order valence-electron chi connectivity index (χ3n) is 7.15. The number of carbonyl (C=O) groups is 1. The summed E-state index contributed by atoms with van der Waals surface area (Å²) in [6.07, 6.45) is 0.913. The zero-order chi connectivity index (χ0) is 25.8. The monoisotopic (exact) mass is 501 g/mol. The van der Waals surface area contributed by atoms with Gasteiger partial charge in [0.15, 0.2) is 0 Å². The highest BCUT2D eigenvalue weighted by molar-refractivity contribution is 5.86. The first-order chi connectivity index (χ1) is 18.0. The largest absolute Gasteiger partial charge is 0.508 e. The minimum atomic E-state index is -0.380. The summed E-state index contributed by atoms with van der Waals surface area (Å²) in [5, 5.41) is 10.6. The summed E-state index contributed by atoms with van der Waals surface area (Å²) in [7, 11) is 0. The summed E-state index contributed by atoms with van der Waals surface area (Å²) in [5.41, 5.74) is 9.46. The Balaban J connectivity index is 1.39. The first kappa shape index (κ1) is 25.3. The number of aromatic hydroxyl groups is 1. The van der Waals surface area contributed by atoms with Crippen molar-refractivity contribution in [2.75, 3.05) is 13.2 Å². The van der Waals surface area contributed by atoms with Crippen LogP contribution in [0.2, 0.25) is 0 Å². The van der Waals surface area contributed by atoms with Gasteiger partial charge in [-0.3, -0.25) is 4.79 Å². The molecule has 3 aromatic rings. The zero-order valence-electron chi connectivity index (χ0n) is 21.3. The van der Waals surface area contributed by atoms with Crippen molar-refractivity contribution in [3.63, 3.8) is 0 Å². The fourth-order valence-corrected chi connectivity index (χ4v) is 5.42. The molecule has 0 aromatic heterocycles. The van der Waals surface area contributed by atoms with E-state index in [9.17, 15) is 9.90 Å². The number of ether oxygens (including phenoxy) is 2. The lowest BCUT2D eigenvalue weighted by atomic mass is 9.83. The maximum Gasteiger partial charge on any atom is 0.242 e. The fraction of sp³-hybridized carbons (Fsp3) is 0.367. The minimum Gasteiger partial charge on any atom is -0.508 e. The summed E-state index contributed by atoms with van der Waals surface area (Å²) < 4.78 is 11.7. The first-order valence-electron chi connectivity index (χ1n) is 13.0. The van der Waals surface area contributed by atoms with E-state index in [4.69, 9.17) is 9.47 Å². The van der Waals surface area contributed by atoms with E-state index < -0.39 is 0 Å². The highest BCUT2D eigenvalue weighted by Gasteiger charge is 2.55. The number of likely N-dealkylation sites (tertiary alicyclic amines) is 1. The van der Waals surface area contributed by atoms with Crippen LogP contribution in [0.15, 0.2) is 78.9 Å². The molecule has 2 aliphatic rings. The Morgan fingerprint density at radius 3 is 2.35 bits per heavy atom. The molecule has 3 N–H and O–H groups in total. The van der Waals surface area contributed by atoms with Crippen LogP contribution < -0.4 is 15.6 Å². The predicted octanol–water partition coefficient (Wildman–Crippen LogP) is 4.50. The van der Waals surface area contributed by atoms with E-state index in [0.717, 1.165) is 28.9 Å². The molecule has 3 aromatic carbocycles. The molecule has 5 rings (SSSR count). The maximum absolute atomic E-state index is 13.6. The summed E-state index contributed by atoms with van der Waals surface area (Å²) in [6, 6.07) is 24.7. The Morgan fingerprint density at radius 1 is 0.919 bits per heavy atom. The van der Waals surface area contributed by atoms with Crippen LogP contribution in [0.1, 0.15) is 49.0 Å². The second-order valence-corrected chi connectivity index (χ2v) is 9.97. The molecule has 0 spiro atoms. The lowest BCUT2D eigenvalue weighted by Crippen LogP contribution is -2.41. The lowest BCUT2D eigenvalue weighted by molar-refractivity contribution is -0.131. The topological polar surface area (TPSA) is 83.1 Å². The molecule has 7 nitrogen and oxygen atoms in total. The summed E-state index contributed by atoms with van der Waals surface area (Å²) in [4.78, 5) is 15.6. The van der Waals surface area contributed by atoms with Gasteiger partial charge in [-0.2, -0.15) is 0 Å². The Hall–Kier alpha value is -3.39. The Bertz CT molecular complexity index is 1180. The van der Waals surface area contributed by atoms with Crippen LogP contribution in [0.4, 0.5) is 0 Å². The van der Waals surface area contributed by atoms with Crippen molar-refractivity contribution in [2.24, 2.45) is 5.92 Å². The van der Waals surface area contributed by atoms with Crippen LogP contribution in [0.5, 0.6) is 11.5 Å². The van der Waals surface area contributed by atoms with E-state index in [1.165, 1.54) is 0 Å². The number of nitrogens with one attached hydrogen (secondary N) is 2. The molecule has 194 valence electrons. The van der Waals surface area contributed by atoms with Crippen LogP contribution in [0.25, 0.3) is 0 Å². The smallest absolute Gasteiger partial charge is 0.242 e. The molecular weight excluding hydrogens is 466 g/mol. The Morgan fingerprint density at radius 2 is 1.62 bits per heavy atom. The van der Waals surface area contributed by atoms with Crippen molar-refractivity contribution >= 4 is 5.91 Å². The van der Waals surface area contributed by atoms with Gasteiger partial charge in [0.2, 0.25) is 5.91 Å². The number of para-hydroxylation sites is 1. The van der Waals surface area contributed by atoms with Crippen molar-refractivity contribution in [1.29, 1.82) is 0 Å². The molecule has 2 fully saturated rings. The number of hydrazine groups is 1. The SMILES string of the molecule is CC(C)OCCCN1C(=O)C2NNC(c3ccccc3O)C2C1c1ccc(OCc2ccccc2)cc1. The molecule has 7 heteroatoms. The number of carbonyl (C=O) groups excluding carboxylic acids is 1. The van der Waals surface area contributed by atoms with Gasteiger partial charge in [0.05, 0.1) is 18.2 Å². The van der Waals surface area contributed by atoms with E-state index in [1.807, 2.05) is 79.4 Å². The lowest BCUT2D eigenvalue weighted by Gasteiger charge is -2.31. The third-order valence-corrected chi connectivity index (χ3v) is 7.15. The number of phenolic OH excluding ortho intramolecular Hbond substituents is 1. The van der Waals surface area contributed by atoms with E-state index >= 15 is 0 Å². The molecule has 0 saturated carbocycles. The number of phenols is 1. The number of hydrogen-bond donors (Lipinski definition) is 3. The minimum absolute atomic E-state index is 0.0642. The molecule has 0 bridgehead atoms. The van der Waals surface area contributed by atoms with Gasteiger partial charge in [-0.1, -0.05) is 60.7 Å². The molecule has 0 aliphatic carbocycles. The second-order valence-electron chi connectivity index (χ2n) is 9.97. The Kier molecular flexibility index (Phi) is 7.74. The highest BCUT2D eigenvalue weighted by Crippen LogP contribution is 2.48. The second kappa shape index (κ2) is 11.3. The number of nitrogens with zero attached hydrogens (tertiary/aromatic N) is 1. The summed E-state index contributed by atoms with van der Waals surface area (Å²) in [5.74, 6) is 0.977. The molecule has 1 amide bonds. The number of benzene rings is 3. The fourth-order valence-electron chi connectivity index (χ4n) is 5.42. The molecule has 37 heavy (non-hydrogen) atoms. The van der Waals surface area contributed by atoms with Gasteiger partial charge in [0, 0.05) is 24.6 Å². The van der Waals surface area contributed by atoms with Crippen LogP contribution >= 0.6 is 0 Å². The van der Waals surface area contributed by atoms with Crippen molar-refractivity contribution in [3.8, 4) is 11.5 Å². The third kappa shape index (κ3) is 5.49. The first-order valence-corrected chi connectivity index (χ1v) is 13.0. The van der Waals surface area contributed by atoms with Gasteiger partial charge in [0.1, 0.15) is 24.1 Å². The van der Waals surface area contributed by atoms with Gasteiger partial charge < -0.3 is 19.5 Å². The van der Waals surface area contributed by atoms with Gasteiger partial charge in [-0.25, -0.2) is 10.9 Å². The average Bonchev–Trinajstić information content (AvgIpc) is 3.45. The molecule has 2 saturated heterocycles. The van der Waals surface area contributed by atoms with Crippen molar-refractivity contribution in [1.82, 2.24) is 15.8 Å². The van der Waals surface area contributed by atoms with Crippen molar-refractivity contribution < 1.29 is 19.4 Å². The van der Waals surface area contributed by atoms with E-state index in [1.54, 1.807) is 6.07 Å². The number of fused-ring (bicyclic) bond motifs is 1. The molecule has 0 radical (unpaired) electrons. The molecule has 4 atom stereocenters. The van der Waals surface area contributed by atoms with E-state index in [2.05, 4.69) is 23.0 Å². The average molecular weight is 502 g/mol. The number of hydrogen-bond acceptors (Lipinski definition) is 6. The summed E-state index contributed by atoms with van der Waals surface area (Å²) >= 11 is 0. The highest BCUT2D eigenvalue weighted by atomic mass is 16.5. The van der Waals surface area contributed by atoms with E-state index in [0.29, 0.717) is 19.8 Å². The summed E-state index contributed by atoms with van der Waals surface area (Å²) in [6.45, 7) is 5.73. The number of amides is 1. The van der Waals surface area contributed by atoms with Gasteiger partial charge in [-0.15, -0.1) is 0 Å². The standard InChI is InChI=1S/C30H35N3O4/c1-20(2)36-18-8-17-33-29(22-13-15-23(16-14-22)37-19-21-9-4-3-5-10-21)26-27(31-32-28(26)30(33)35)24-11-6-7-12-25(24)34/h3-7,9-16,20,26-29,31-32,34H,8,17-19H2,1-2H3. The quantitative estimate of drug-likeness (QED) is 0.355. The van der Waals surface area contributed by atoms with Crippen LogP contribution in [0.3, 0.4) is 0 Å². The van der Waals surface area contributed by atoms with Crippen LogP contribution in [-0.4, -0.2) is 41.2 Å². The Labute approximate surface area is 218 Å². The van der Waals surface area contributed by atoms with Crippen molar-refractivity contribution in [2.45, 2.75) is 51.1 Å². The zero-order valence-corrected chi connectivity index (χ0v) is 21.3. The van der Waals surface area contributed by atoms with Crippen LogP contribution in [-0.2, 0) is 16.1 Å². The van der Waals surface area contributed by atoms with Gasteiger partial charge in [0.25, 0.3) is 0 Å². The van der Waals surface area contributed by atoms with Gasteiger partial charge >= 0.3 is 0 Å². The van der Waals surface area contributed by atoms with Crippen LogP contribution in [0, 0.1) is 5.92 Å². The van der Waals surface area contributed by atoms with Crippen molar-refractivity contribution in [3.05, 3.63) is 95.6 Å². The normalized spacial score (nSPS) is 23.0. The molecule has 2 heterocycles. The molecule has 2 aliphatic heterocycles. The predicted molar refractivity (Wildman–Crippen MR) is 142 cm³/mol. The molecular formula is C30H35N3O4. The van der Waals surface area contributed by atoms with E-state index in [-0.39, 0.29) is 41.8 Å². The molecule has 4 unspecified atom stereocenters. The van der Waals surface area contributed by atoms with Gasteiger partial charge in [-0.05, 0) is 49.6 Å².